The molecule has 0 aromatic heterocycles. The normalized spacial score (nSPS) is 9.00. The summed E-state index contributed by atoms with van der Waals surface area (Å²) in [6.45, 7) is 12.3. The third kappa shape index (κ3) is 25.1. The van der Waals surface area contributed by atoms with E-state index < -0.39 is 0 Å². The smallest absolute Gasteiger partial charge is 0.0652 e. The summed E-state index contributed by atoms with van der Waals surface area (Å²) in [5.41, 5.74) is 0. The molecule has 0 atom stereocenters. The minimum Gasteiger partial charge on any atom is -0.194 e. The Labute approximate surface area is 106 Å². The average Bonchev–Trinajstić information content (AvgIpc) is 2.39. The number of azo groups is 1. The van der Waals surface area contributed by atoms with Crippen LogP contribution in [0.15, 0.2) is 59.3 Å². The molecule has 0 aliphatic carbocycles. The SMILES string of the molecule is C=CCC.CCN=NC(C)C.c1ccccc1. The van der Waals surface area contributed by atoms with Crippen LogP contribution in [-0.4, -0.2) is 12.6 Å². The van der Waals surface area contributed by atoms with Gasteiger partial charge in [-0.2, -0.15) is 10.2 Å². The number of hydrogen-bond donors (Lipinski definition) is 0. The molecule has 0 saturated carbocycles. The van der Waals surface area contributed by atoms with Crippen LogP contribution >= 0.6 is 0 Å². The molecule has 0 aliphatic rings. The maximum atomic E-state index is 3.87. The highest BCUT2D eigenvalue weighted by molar-refractivity contribution is 4.99. The van der Waals surface area contributed by atoms with Gasteiger partial charge in [0.15, 0.2) is 0 Å². The Balaban J connectivity index is 0. The quantitative estimate of drug-likeness (QED) is 0.511. The lowest BCUT2D eigenvalue weighted by atomic mass is 10.4. The average molecular weight is 234 g/mol. The lowest BCUT2D eigenvalue weighted by molar-refractivity contribution is 0.746. The Morgan fingerprint density at radius 2 is 1.35 bits per heavy atom. The minimum atomic E-state index is 0.361. The van der Waals surface area contributed by atoms with Crippen LogP contribution in [0, 0.1) is 0 Å². The third-order valence-electron chi connectivity index (χ3n) is 1.41. The van der Waals surface area contributed by atoms with Crippen molar-refractivity contribution in [2.75, 3.05) is 6.54 Å². The Hall–Kier alpha value is -1.44. The van der Waals surface area contributed by atoms with Crippen molar-refractivity contribution in [3.63, 3.8) is 0 Å². The number of rotatable bonds is 3. The molecule has 0 bridgehead atoms. The predicted octanol–water partition coefficient (Wildman–Crippen LogP) is 5.14. The largest absolute Gasteiger partial charge is 0.194 e. The summed E-state index contributed by atoms with van der Waals surface area (Å²) in [7, 11) is 0. The number of nitrogens with zero attached hydrogens (tertiary/aromatic N) is 2. The van der Waals surface area contributed by atoms with Crippen LogP contribution in [0.5, 0.6) is 0 Å². The molecule has 0 spiro atoms. The van der Waals surface area contributed by atoms with Gasteiger partial charge in [-0.05, 0) is 27.2 Å². The predicted molar refractivity (Wildman–Crippen MR) is 77.5 cm³/mol. The maximum absolute atomic E-state index is 3.87. The molecule has 2 nitrogen and oxygen atoms in total. The van der Waals surface area contributed by atoms with Crippen molar-refractivity contribution in [2.24, 2.45) is 10.2 Å². The van der Waals surface area contributed by atoms with E-state index in [1.54, 1.807) is 0 Å². The van der Waals surface area contributed by atoms with Crippen LogP contribution in [-0.2, 0) is 0 Å². The molecule has 1 aromatic rings. The Morgan fingerprint density at radius 1 is 1.00 bits per heavy atom. The van der Waals surface area contributed by atoms with Crippen LogP contribution < -0.4 is 0 Å². The summed E-state index contributed by atoms with van der Waals surface area (Å²) in [6, 6.07) is 12.4. The molecule has 0 radical (unpaired) electrons. The van der Waals surface area contributed by atoms with Crippen molar-refractivity contribution in [3.05, 3.63) is 49.1 Å². The van der Waals surface area contributed by atoms with Gasteiger partial charge in [-0.1, -0.05) is 49.4 Å². The Kier molecular flexibility index (Phi) is 17.9. The number of benzene rings is 1. The van der Waals surface area contributed by atoms with Crippen LogP contribution in [0.3, 0.4) is 0 Å². The van der Waals surface area contributed by atoms with E-state index >= 15 is 0 Å². The summed E-state index contributed by atoms with van der Waals surface area (Å²) in [4.78, 5) is 0. The zero-order valence-electron chi connectivity index (χ0n) is 11.6. The van der Waals surface area contributed by atoms with Gasteiger partial charge in [0.2, 0.25) is 0 Å². The van der Waals surface area contributed by atoms with Gasteiger partial charge in [0.25, 0.3) is 0 Å². The van der Waals surface area contributed by atoms with Gasteiger partial charge in [0.05, 0.1) is 12.6 Å². The second-order valence-electron chi connectivity index (χ2n) is 3.52. The zero-order chi connectivity index (χ0) is 13.4. The summed E-state index contributed by atoms with van der Waals surface area (Å²) < 4.78 is 0. The van der Waals surface area contributed by atoms with Gasteiger partial charge >= 0.3 is 0 Å². The van der Waals surface area contributed by atoms with Gasteiger partial charge in [0, 0.05) is 0 Å². The second-order valence-corrected chi connectivity index (χ2v) is 3.52. The molecule has 17 heavy (non-hydrogen) atoms. The van der Waals surface area contributed by atoms with Gasteiger partial charge in [-0.25, -0.2) is 0 Å². The Bertz CT molecular complexity index is 226. The summed E-state index contributed by atoms with van der Waals surface area (Å²) in [5.74, 6) is 0. The topological polar surface area (TPSA) is 24.7 Å². The van der Waals surface area contributed by atoms with Crippen molar-refractivity contribution in [2.45, 2.75) is 40.2 Å². The van der Waals surface area contributed by atoms with Gasteiger partial charge in [-0.3, -0.25) is 0 Å². The van der Waals surface area contributed by atoms with Crippen molar-refractivity contribution in [1.82, 2.24) is 0 Å². The van der Waals surface area contributed by atoms with Crippen LogP contribution in [0.4, 0.5) is 0 Å². The van der Waals surface area contributed by atoms with E-state index in [9.17, 15) is 0 Å². The molecule has 0 amide bonds. The Morgan fingerprint density at radius 3 is 1.47 bits per heavy atom. The van der Waals surface area contributed by atoms with Crippen LogP contribution in [0.2, 0.25) is 0 Å². The molecular formula is C15H26N2. The van der Waals surface area contributed by atoms with E-state index in [1.807, 2.05) is 63.2 Å². The van der Waals surface area contributed by atoms with E-state index in [2.05, 4.69) is 23.7 Å². The molecule has 0 fully saturated rings. The monoisotopic (exact) mass is 234 g/mol. The standard InChI is InChI=1S/C6H6.C5H12N2.C4H8/c1-2-4-6-5-3-1;1-4-6-7-5(2)3;1-3-4-2/h1-6H;5H,4H2,1-3H3;3H,1,4H2,2H3. The van der Waals surface area contributed by atoms with Crippen LogP contribution in [0.25, 0.3) is 0 Å². The third-order valence-corrected chi connectivity index (χ3v) is 1.41. The molecule has 0 heterocycles. The van der Waals surface area contributed by atoms with E-state index in [1.165, 1.54) is 0 Å². The lowest BCUT2D eigenvalue weighted by Crippen LogP contribution is -1.84. The van der Waals surface area contributed by atoms with Gasteiger partial charge in [0.1, 0.15) is 0 Å². The van der Waals surface area contributed by atoms with Crippen LogP contribution in [0.1, 0.15) is 34.1 Å². The van der Waals surface area contributed by atoms with E-state index in [4.69, 9.17) is 0 Å². The fourth-order valence-electron chi connectivity index (χ4n) is 0.630. The first-order valence-electron chi connectivity index (χ1n) is 6.16. The number of hydrogen-bond acceptors (Lipinski definition) is 2. The van der Waals surface area contributed by atoms with E-state index in [-0.39, 0.29) is 0 Å². The molecule has 2 heteroatoms. The van der Waals surface area contributed by atoms with E-state index in [0.717, 1.165) is 13.0 Å². The van der Waals surface area contributed by atoms with Gasteiger partial charge < -0.3 is 0 Å². The van der Waals surface area contributed by atoms with E-state index in [0.29, 0.717) is 6.04 Å². The fraction of sp³-hybridized carbons (Fsp3) is 0.467. The molecule has 0 saturated heterocycles. The zero-order valence-corrected chi connectivity index (χ0v) is 11.6. The van der Waals surface area contributed by atoms with Crippen molar-refractivity contribution in [1.29, 1.82) is 0 Å². The van der Waals surface area contributed by atoms with Gasteiger partial charge in [-0.15, -0.1) is 6.58 Å². The molecule has 1 rings (SSSR count). The summed E-state index contributed by atoms with van der Waals surface area (Å²) in [6.07, 6.45) is 2.96. The maximum Gasteiger partial charge on any atom is 0.0652 e. The lowest BCUT2D eigenvalue weighted by Gasteiger charge is -1.88. The van der Waals surface area contributed by atoms with Crippen molar-refractivity contribution in [3.8, 4) is 0 Å². The molecular weight excluding hydrogens is 208 g/mol. The molecule has 0 unspecified atom stereocenters. The summed E-state index contributed by atoms with van der Waals surface area (Å²) in [5, 5.41) is 7.66. The fourth-order valence-corrected chi connectivity index (χ4v) is 0.630. The van der Waals surface area contributed by atoms with Crippen molar-refractivity contribution >= 4 is 0 Å². The first-order chi connectivity index (χ1) is 8.18. The highest BCUT2D eigenvalue weighted by Gasteiger charge is 1.80. The first kappa shape index (κ1) is 17.9. The highest BCUT2D eigenvalue weighted by Crippen LogP contribution is 1.85. The molecule has 96 valence electrons. The summed E-state index contributed by atoms with van der Waals surface area (Å²) >= 11 is 0. The highest BCUT2D eigenvalue weighted by atomic mass is 15.1. The second kappa shape index (κ2) is 17.0. The minimum absolute atomic E-state index is 0.361. The van der Waals surface area contributed by atoms with Crippen molar-refractivity contribution < 1.29 is 0 Å². The molecule has 1 aromatic carbocycles. The molecule has 0 aliphatic heterocycles. The first-order valence-corrected chi connectivity index (χ1v) is 6.16. The number of allylic oxidation sites excluding steroid dienone is 1. The molecule has 0 N–H and O–H groups in total.